The smallest absolute Gasteiger partial charge is 0.132 e. The maximum Gasteiger partial charge on any atom is 0.132 e. The zero-order valence-corrected chi connectivity index (χ0v) is 13.4. The third-order valence-electron chi connectivity index (χ3n) is 3.25. The van der Waals surface area contributed by atoms with E-state index in [9.17, 15) is 0 Å². The predicted octanol–water partition coefficient (Wildman–Crippen LogP) is 5.01. The van der Waals surface area contributed by atoms with E-state index in [2.05, 4.69) is 36.3 Å². The van der Waals surface area contributed by atoms with Gasteiger partial charge in [-0.25, -0.2) is 4.98 Å². The molecule has 1 atom stereocenters. The summed E-state index contributed by atoms with van der Waals surface area (Å²) in [5, 5.41) is 3.97. The van der Waals surface area contributed by atoms with Crippen molar-refractivity contribution in [2.45, 2.75) is 33.2 Å². The molecule has 0 amide bonds. The average Bonchev–Trinajstić information content (AvgIpc) is 2.49. The lowest BCUT2D eigenvalue weighted by molar-refractivity contribution is 0.317. The Morgan fingerprint density at radius 3 is 2.62 bits per heavy atom. The number of hydrogen-bond donors (Lipinski definition) is 1. The summed E-state index contributed by atoms with van der Waals surface area (Å²) in [7, 11) is 0. The van der Waals surface area contributed by atoms with Gasteiger partial charge in [-0.05, 0) is 49.6 Å². The molecule has 21 heavy (non-hydrogen) atoms. The van der Waals surface area contributed by atoms with Crippen molar-refractivity contribution in [1.29, 1.82) is 0 Å². The Kier molecular flexibility index (Phi) is 5.45. The van der Waals surface area contributed by atoms with Gasteiger partial charge in [-0.15, -0.1) is 0 Å². The van der Waals surface area contributed by atoms with Crippen molar-refractivity contribution >= 4 is 17.3 Å². The van der Waals surface area contributed by atoms with E-state index in [-0.39, 0.29) is 6.04 Å². The molecule has 0 saturated carbocycles. The van der Waals surface area contributed by atoms with Gasteiger partial charge in [-0.3, -0.25) is 0 Å². The maximum atomic E-state index is 5.94. The van der Waals surface area contributed by atoms with Crippen LogP contribution in [0.3, 0.4) is 0 Å². The molecule has 2 rings (SSSR count). The number of rotatable bonds is 6. The monoisotopic (exact) mass is 304 g/mol. The van der Waals surface area contributed by atoms with E-state index < -0.39 is 0 Å². The molecule has 0 saturated heterocycles. The second-order valence-corrected chi connectivity index (χ2v) is 5.47. The summed E-state index contributed by atoms with van der Waals surface area (Å²) in [6.45, 7) is 6.92. The lowest BCUT2D eigenvalue weighted by Gasteiger charge is -2.16. The Labute approximate surface area is 131 Å². The molecule has 4 heteroatoms. The summed E-state index contributed by atoms with van der Waals surface area (Å²) < 4.78 is 5.59. The molecule has 0 aliphatic heterocycles. The highest BCUT2D eigenvalue weighted by atomic mass is 35.5. The zero-order valence-electron chi connectivity index (χ0n) is 12.7. The van der Waals surface area contributed by atoms with Gasteiger partial charge in [0.05, 0.1) is 18.5 Å². The van der Waals surface area contributed by atoms with E-state index in [1.807, 2.05) is 25.1 Å². The summed E-state index contributed by atoms with van der Waals surface area (Å²) >= 11 is 5.94. The number of hydrogen-bond acceptors (Lipinski definition) is 3. The Hall–Kier alpha value is -1.74. The highest BCUT2D eigenvalue weighted by Crippen LogP contribution is 2.23. The lowest BCUT2D eigenvalue weighted by atomic mass is 10.1. The van der Waals surface area contributed by atoms with Gasteiger partial charge in [0.2, 0.25) is 0 Å². The number of pyridine rings is 1. The van der Waals surface area contributed by atoms with Gasteiger partial charge >= 0.3 is 0 Å². The van der Waals surface area contributed by atoms with E-state index in [0.29, 0.717) is 5.15 Å². The third-order valence-corrected chi connectivity index (χ3v) is 3.65. The molecule has 0 aliphatic carbocycles. The van der Waals surface area contributed by atoms with Gasteiger partial charge in [0.1, 0.15) is 10.9 Å². The minimum Gasteiger partial charge on any atom is -0.494 e. The highest BCUT2D eigenvalue weighted by molar-refractivity contribution is 6.30. The van der Waals surface area contributed by atoms with Crippen molar-refractivity contribution in [1.82, 2.24) is 4.98 Å². The van der Waals surface area contributed by atoms with Crippen LogP contribution in [0.4, 0.5) is 5.69 Å². The fourth-order valence-corrected chi connectivity index (χ4v) is 2.15. The molecule has 0 spiro atoms. The van der Waals surface area contributed by atoms with Crippen molar-refractivity contribution in [3.05, 3.63) is 52.8 Å². The van der Waals surface area contributed by atoms with E-state index >= 15 is 0 Å². The number of aromatic nitrogens is 1. The van der Waals surface area contributed by atoms with Crippen LogP contribution >= 0.6 is 11.6 Å². The van der Waals surface area contributed by atoms with Crippen LogP contribution in [0.25, 0.3) is 0 Å². The fourth-order valence-electron chi connectivity index (χ4n) is 2.04. The third kappa shape index (κ3) is 4.36. The molecular formula is C17H21ClN2O. The second-order valence-electron chi connectivity index (χ2n) is 5.12. The SMILES string of the molecule is CCCOc1ccc(C(C)Nc2cnc(Cl)c(C)c2)cc1. The largest absolute Gasteiger partial charge is 0.494 e. The summed E-state index contributed by atoms with van der Waals surface area (Å²) in [5.41, 5.74) is 3.14. The first kappa shape index (κ1) is 15.6. The maximum absolute atomic E-state index is 5.94. The quantitative estimate of drug-likeness (QED) is 0.762. The van der Waals surface area contributed by atoms with Gasteiger partial charge in [0.25, 0.3) is 0 Å². The van der Waals surface area contributed by atoms with Crippen LogP contribution < -0.4 is 10.1 Å². The van der Waals surface area contributed by atoms with Crippen LogP contribution in [0.2, 0.25) is 5.15 Å². The Balaban J connectivity index is 2.02. The first-order valence-corrected chi connectivity index (χ1v) is 7.59. The molecule has 112 valence electrons. The van der Waals surface area contributed by atoms with Crippen LogP contribution in [-0.2, 0) is 0 Å². The molecule has 1 aromatic carbocycles. The molecule has 0 bridgehead atoms. The molecule has 1 N–H and O–H groups in total. The van der Waals surface area contributed by atoms with E-state index in [1.165, 1.54) is 5.56 Å². The van der Waals surface area contributed by atoms with Crippen molar-refractivity contribution in [3.8, 4) is 5.75 Å². The van der Waals surface area contributed by atoms with Crippen LogP contribution in [0.15, 0.2) is 36.5 Å². The standard InChI is InChI=1S/C17H21ClN2O/c1-4-9-21-16-7-5-14(6-8-16)13(3)20-15-10-12(2)17(18)19-11-15/h5-8,10-11,13,20H,4,9H2,1-3H3. The predicted molar refractivity (Wildman–Crippen MR) is 88.2 cm³/mol. The number of ether oxygens (including phenoxy) is 1. The molecule has 1 aromatic heterocycles. The van der Waals surface area contributed by atoms with E-state index in [4.69, 9.17) is 16.3 Å². The normalized spacial score (nSPS) is 12.0. The second kappa shape index (κ2) is 7.32. The van der Waals surface area contributed by atoms with Crippen LogP contribution in [0, 0.1) is 6.92 Å². The first-order valence-electron chi connectivity index (χ1n) is 7.21. The number of halogens is 1. The minimum atomic E-state index is 0.188. The van der Waals surface area contributed by atoms with Gasteiger partial charge < -0.3 is 10.1 Å². The molecule has 1 unspecified atom stereocenters. The van der Waals surface area contributed by atoms with Crippen molar-refractivity contribution in [3.63, 3.8) is 0 Å². The van der Waals surface area contributed by atoms with Crippen LogP contribution in [-0.4, -0.2) is 11.6 Å². The van der Waals surface area contributed by atoms with Gasteiger partial charge in [-0.2, -0.15) is 0 Å². The van der Waals surface area contributed by atoms with E-state index in [1.54, 1.807) is 6.20 Å². The van der Waals surface area contributed by atoms with Gasteiger partial charge in [-0.1, -0.05) is 30.7 Å². The summed E-state index contributed by atoms with van der Waals surface area (Å²) in [5.74, 6) is 0.914. The number of nitrogens with zero attached hydrogens (tertiary/aromatic N) is 1. The van der Waals surface area contributed by atoms with Gasteiger partial charge in [0.15, 0.2) is 0 Å². The Morgan fingerprint density at radius 2 is 2.00 bits per heavy atom. The summed E-state index contributed by atoms with van der Waals surface area (Å²) in [6.07, 6.45) is 2.77. The zero-order chi connectivity index (χ0) is 15.2. The Bertz CT molecular complexity index is 584. The molecule has 0 fully saturated rings. The molecule has 0 radical (unpaired) electrons. The topological polar surface area (TPSA) is 34.1 Å². The van der Waals surface area contributed by atoms with Crippen molar-refractivity contribution in [2.24, 2.45) is 0 Å². The number of nitrogens with one attached hydrogen (secondary N) is 1. The van der Waals surface area contributed by atoms with Crippen molar-refractivity contribution < 1.29 is 4.74 Å². The summed E-state index contributed by atoms with van der Waals surface area (Å²) in [4.78, 5) is 4.16. The van der Waals surface area contributed by atoms with Gasteiger partial charge in [0, 0.05) is 6.04 Å². The highest BCUT2D eigenvalue weighted by Gasteiger charge is 2.07. The minimum absolute atomic E-state index is 0.188. The van der Waals surface area contributed by atoms with Crippen LogP contribution in [0.5, 0.6) is 5.75 Å². The first-order chi connectivity index (χ1) is 10.1. The lowest BCUT2D eigenvalue weighted by Crippen LogP contribution is -2.07. The molecule has 2 aromatic rings. The molecular weight excluding hydrogens is 284 g/mol. The van der Waals surface area contributed by atoms with Crippen molar-refractivity contribution in [2.75, 3.05) is 11.9 Å². The molecule has 1 heterocycles. The number of benzene rings is 1. The number of anilines is 1. The summed E-state index contributed by atoms with van der Waals surface area (Å²) in [6, 6.07) is 10.4. The van der Waals surface area contributed by atoms with E-state index in [0.717, 1.165) is 30.0 Å². The molecule has 3 nitrogen and oxygen atoms in total. The fraction of sp³-hybridized carbons (Fsp3) is 0.353. The number of aryl methyl sites for hydroxylation is 1. The van der Waals surface area contributed by atoms with Crippen LogP contribution in [0.1, 0.15) is 37.4 Å². The molecule has 0 aliphatic rings. The Morgan fingerprint density at radius 1 is 1.29 bits per heavy atom. The average molecular weight is 305 g/mol.